The van der Waals surface area contributed by atoms with Crippen molar-refractivity contribution < 1.29 is 9.53 Å². The highest BCUT2D eigenvalue weighted by Crippen LogP contribution is 2.18. The summed E-state index contributed by atoms with van der Waals surface area (Å²) in [6.07, 6.45) is 4.32. The lowest BCUT2D eigenvalue weighted by Gasteiger charge is -2.36. The summed E-state index contributed by atoms with van der Waals surface area (Å²) in [6.45, 7) is 6.33. The highest BCUT2D eigenvalue weighted by Gasteiger charge is 2.22. The third-order valence-corrected chi connectivity index (χ3v) is 5.15. The first kappa shape index (κ1) is 19.7. The molecule has 0 radical (unpaired) electrons. The standard InChI is InChI=1S/C21H27N3O2S/c1-15-12-24(13-16(2)26-15)20-9-6-18(10-22-20)11-23-21(25)19-7-4-17(5-8-19)14-27-3/h4-10,15-16H,11-14H2,1-3H3,(H,23,25)/t15-,16-/m1/s1. The van der Waals surface area contributed by atoms with Crippen LogP contribution in [-0.2, 0) is 17.0 Å². The van der Waals surface area contributed by atoms with E-state index in [1.54, 1.807) is 11.8 Å². The number of aromatic nitrogens is 1. The van der Waals surface area contributed by atoms with E-state index in [4.69, 9.17) is 4.74 Å². The summed E-state index contributed by atoms with van der Waals surface area (Å²) >= 11 is 1.77. The van der Waals surface area contributed by atoms with Crippen LogP contribution in [0.3, 0.4) is 0 Å². The molecule has 2 atom stereocenters. The molecule has 3 rings (SSSR count). The Morgan fingerprint density at radius 3 is 2.41 bits per heavy atom. The molecule has 27 heavy (non-hydrogen) atoms. The van der Waals surface area contributed by atoms with E-state index in [1.807, 2.05) is 42.6 Å². The number of morpholine rings is 1. The molecule has 6 heteroatoms. The fraction of sp³-hybridized carbons (Fsp3) is 0.429. The van der Waals surface area contributed by atoms with Gasteiger partial charge in [0.2, 0.25) is 0 Å². The third-order valence-electron chi connectivity index (χ3n) is 4.53. The first-order valence-electron chi connectivity index (χ1n) is 9.26. The molecule has 0 spiro atoms. The van der Waals surface area contributed by atoms with E-state index in [0.29, 0.717) is 12.1 Å². The predicted molar refractivity (Wildman–Crippen MR) is 111 cm³/mol. The second kappa shape index (κ2) is 9.24. The lowest BCUT2D eigenvalue weighted by Crippen LogP contribution is -2.45. The molecule has 0 unspecified atom stereocenters. The number of carbonyl (C=O) groups excluding carboxylic acids is 1. The molecular weight excluding hydrogens is 358 g/mol. The quantitative estimate of drug-likeness (QED) is 0.825. The number of pyridine rings is 1. The van der Waals surface area contributed by atoms with Gasteiger partial charge in [-0.1, -0.05) is 18.2 Å². The molecule has 1 aliphatic rings. The number of carbonyl (C=O) groups is 1. The maximum Gasteiger partial charge on any atom is 0.251 e. The Balaban J connectivity index is 1.54. The van der Waals surface area contributed by atoms with E-state index in [0.717, 1.165) is 30.2 Å². The van der Waals surface area contributed by atoms with Crippen LogP contribution in [0.15, 0.2) is 42.6 Å². The normalized spacial score (nSPS) is 19.7. The molecule has 1 fully saturated rings. The van der Waals surface area contributed by atoms with Gasteiger partial charge in [0, 0.05) is 37.1 Å². The molecule has 1 aromatic heterocycles. The summed E-state index contributed by atoms with van der Waals surface area (Å²) in [5.41, 5.74) is 2.90. The number of nitrogens with zero attached hydrogens (tertiary/aromatic N) is 2. The summed E-state index contributed by atoms with van der Waals surface area (Å²) in [6, 6.07) is 11.8. The van der Waals surface area contributed by atoms with E-state index in [2.05, 4.69) is 35.3 Å². The van der Waals surface area contributed by atoms with Crippen LogP contribution in [0.25, 0.3) is 0 Å². The fourth-order valence-electron chi connectivity index (χ4n) is 3.28. The number of rotatable bonds is 6. The average Bonchev–Trinajstić information content (AvgIpc) is 2.66. The second-order valence-corrected chi connectivity index (χ2v) is 7.87. The van der Waals surface area contributed by atoms with Gasteiger partial charge in [-0.25, -0.2) is 4.98 Å². The fourth-order valence-corrected chi connectivity index (χ4v) is 3.80. The lowest BCUT2D eigenvalue weighted by atomic mass is 10.1. The van der Waals surface area contributed by atoms with Crippen molar-refractivity contribution in [2.75, 3.05) is 24.2 Å². The minimum atomic E-state index is -0.0643. The van der Waals surface area contributed by atoms with E-state index in [1.165, 1.54) is 5.56 Å². The third kappa shape index (κ3) is 5.47. The molecule has 1 N–H and O–H groups in total. The molecule has 5 nitrogen and oxygen atoms in total. The van der Waals surface area contributed by atoms with Crippen molar-refractivity contribution in [1.29, 1.82) is 0 Å². The largest absolute Gasteiger partial charge is 0.372 e. The number of hydrogen-bond acceptors (Lipinski definition) is 5. The molecule has 0 aliphatic carbocycles. The number of hydrogen-bond donors (Lipinski definition) is 1. The van der Waals surface area contributed by atoms with Gasteiger partial charge in [-0.05, 0) is 49.4 Å². The Bertz CT molecular complexity index is 739. The van der Waals surface area contributed by atoms with Crippen LogP contribution in [0.2, 0.25) is 0 Å². The Labute approximate surface area is 165 Å². The van der Waals surface area contributed by atoms with Crippen molar-refractivity contribution in [2.45, 2.75) is 38.4 Å². The maximum absolute atomic E-state index is 12.3. The van der Waals surface area contributed by atoms with Gasteiger partial charge < -0.3 is 15.0 Å². The Morgan fingerprint density at radius 2 is 1.81 bits per heavy atom. The average molecular weight is 386 g/mol. The van der Waals surface area contributed by atoms with Gasteiger partial charge in [0.1, 0.15) is 5.82 Å². The van der Waals surface area contributed by atoms with Crippen LogP contribution in [0.5, 0.6) is 0 Å². The van der Waals surface area contributed by atoms with Crippen molar-refractivity contribution in [3.63, 3.8) is 0 Å². The van der Waals surface area contributed by atoms with Crippen LogP contribution in [0.4, 0.5) is 5.82 Å². The molecule has 2 aromatic rings. The van der Waals surface area contributed by atoms with Crippen LogP contribution in [0.1, 0.15) is 35.3 Å². The van der Waals surface area contributed by atoms with Gasteiger partial charge in [-0.3, -0.25) is 4.79 Å². The monoisotopic (exact) mass is 385 g/mol. The molecule has 1 saturated heterocycles. The van der Waals surface area contributed by atoms with Crippen LogP contribution >= 0.6 is 11.8 Å². The Morgan fingerprint density at radius 1 is 1.15 bits per heavy atom. The Hall–Kier alpha value is -2.05. The van der Waals surface area contributed by atoms with E-state index in [9.17, 15) is 4.79 Å². The summed E-state index contributed by atoms with van der Waals surface area (Å²) in [4.78, 5) is 19.1. The summed E-state index contributed by atoms with van der Waals surface area (Å²) < 4.78 is 5.77. The highest BCUT2D eigenvalue weighted by molar-refractivity contribution is 7.97. The first-order chi connectivity index (χ1) is 13.0. The summed E-state index contributed by atoms with van der Waals surface area (Å²) in [5, 5.41) is 2.96. The number of benzene rings is 1. The van der Waals surface area contributed by atoms with Crippen molar-refractivity contribution in [3.8, 4) is 0 Å². The zero-order valence-corrected chi connectivity index (χ0v) is 17.0. The van der Waals surface area contributed by atoms with Gasteiger partial charge in [0.05, 0.1) is 12.2 Å². The molecular formula is C21H27N3O2S. The zero-order valence-electron chi connectivity index (χ0n) is 16.1. The number of thioether (sulfide) groups is 1. The smallest absolute Gasteiger partial charge is 0.251 e. The van der Waals surface area contributed by atoms with Crippen molar-refractivity contribution >= 4 is 23.5 Å². The highest BCUT2D eigenvalue weighted by atomic mass is 32.2. The Kier molecular flexibility index (Phi) is 6.74. The van der Waals surface area contributed by atoms with Gasteiger partial charge in [-0.2, -0.15) is 11.8 Å². The maximum atomic E-state index is 12.3. The van der Waals surface area contributed by atoms with Crippen molar-refractivity contribution in [2.24, 2.45) is 0 Å². The molecule has 1 aromatic carbocycles. The second-order valence-electron chi connectivity index (χ2n) is 7.00. The molecule has 0 bridgehead atoms. The number of ether oxygens (including phenoxy) is 1. The molecule has 0 saturated carbocycles. The first-order valence-corrected chi connectivity index (χ1v) is 10.7. The summed E-state index contributed by atoms with van der Waals surface area (Å²) in [7, 11) is 0. The van der Waals surface area contributed by atoms with Crippen LogP contribution in [0, 0.1) is 0 Å². The lowest BCUT2D eigenvalue weighted by molar-refractivity contribution is -0.00546. The predicted octanol–water partition coefficient (Wildman–Crippen LogP) is 3.49. The minimum absolute atomic E-state index is 0.0643. The van der Waals surface area contributed by atoms with Crippen LogP contribution < -0.4 is 10.2 Å². The van der Waals surface area contributed by atoms with E-state index in [-0.39, 0.29) is 18.1 Å². The van der Waals surface area contributed by atoms with Gasteiger partial charge in [-0.15, -0.1) is 0 Å². The van der Waals surface area contributed by atoms with Gasteiger partial charge in [0.15, 0.2) is 0 Å². The van der Waals surface area contributed by atoms with Gasteiger partial charge >= 0.3 is 0 Å². The molecule has 1 aliphatic heterocycles. The molecule has 2 heterocycles. The zero-order chi connectivity index (χ0) is 19.2. The number of amides is 1. The molecule has 1 amide bonds. The topological polar surface area (TPSA) is 54.5 Å². The SMILES string of the molecule is CSCc1ccc(C(=O)NCc2ccc(N3C[C@@H](C)O[C@H](C)C3)nc2)cc1. The number of nitrogens with one attached hydrogen (secondary N) is 1. The minimum Gasteiger partial charge on any atom is -0.372 e. The van der Waals surface area contributed by atoms with Gasteiger partial charge in [0.25, 0.3) is 5.91 Å². The van der Waals surface area contributed by atoms with E-state index < -0.39 is 0 Å². The van der Waals surface area contributed by atoms with Crippen molar-refractivity contribution in [1.82, 2.24) is 10.3 Å². The number of anilines is 1. The van der Waals surface area contributed by atoms with Crippen LogP contribution in [-0.4, -0.2) is 42.4 Å². The summed E-state index contributed by atoms with van der Waals surface area (Å²) in [5.74, 6) is 1.85. The molecule has 144 valence electrons. The van der Waals surface area contributed by atoms with Crippen molar-refractivity contribution in [3.05, 3.63) is 59.3 Å². The van der Waals surface area contributed by atoms with E-state index >= 15 is 0 Å².